The van der Waals surface area contributed by atoms with Gasteiger partial charge in [-0.2, -0.15) is 0 Å². The zero-order chi connectivity index (χ0) is 12.1. The summed E-state index contributed by atoms with van der Waals surface area (Å²) in [7, 11) is 1.88. The molecule has 0 aromatic carbocycles. The minimum absolute atomic E-state index is 0.772. The third-order valence-electron chi connectivity index (χ3n) is 3.25. The molecule has 0 aliphatic carbocycles. The summed E-state index contributed by atoms with van der Waals surface area (Å²) in [6.07, 6.45) is 5.30. The minimum Gasteiger partial charge on any atom is -0.373 e. The van der Waals surface area contributed by atoms with Crippen LogP contribution >= 0.6 is 11.6 Å². The van der Waals surface area contributed by atoms with Crippen molar-refractivity contribution < 1.29 is 0 Å². The quantitative estimate of drug-likeness (QED) is 0.897. The van der Waals surface area contributed by atoms with E-state index >= 15 is 0 Å². The van der Waals surface area contributed by atoms with Gasteiger partial charge in [0.1, 0.15) is 5.82 Å². The van der Waals surface area contributed by atoms with Gasteiger partial charge in [-0.1, -0.05) is 24.4 Å². The van der Waals surface area contributed by atoms with Gasteiger partial charge in [0, 0.05) is 13.6 Å². The van der Waals surface area contributed by atoms with Crippen molar-refractivity contribution in [2.75, 3.05) is 25.5 Å². The number of likely N-dealkylation sites (tertiary alicyclic amines) is 1. The van der Waals surface area contributed by atoms with E-state index in [4.69, 9.17) is 11.6 Å². The first-order chi connectivity index (χ1) is 8.29. The third-order valence-corrected chi connectivity index (χ3v) is 3.59. The van der Waals surface area contributed by atoms with Gasteiger partial charge in [-0.15, -0.1) is 0 Å². The highest BCUT2D eigenvalue weighted by molar-refractivity contribution is 6.31. The average Bonchev–Trinajstić information content (AvgIpc) is 2.60. The molecule has 0 amide bonds. The Morgan fingerprint density at radius 1 is 1.24 bits per heavy atom. The average molecular weight is 254 g/mol. The number of halogens is 1. The fraction of sp³-hybridized carbons (Fsp3) is 0.615. The highest BCUT2D eigenvalue weighted by atomic mass is 35.5. The molecule has 1 saturated heterocycles. The molecule has 2 heterocycles. The van der Waals surface area contributed by atoms with Gasteiger partial charge in [-0.3, -0.25) is 4.90 Å². The SMILES string of the molecule is CNc1ccc(Cl)c(CN2CCCCCC2)n1. The third kappa shape index (κ3) is 3.58. The molecule has 0 unspecified atom stereocenters. The summed E-state index contributed by atoms with van der Waals surface area (Å²) in [5.41, 5.74) is 0.986. The van der Waals surface area contributed by atoms with Gasteiger partial charge in [-0.25, -0.2) is 4.98 Å². The molecular formula is C13H20ClN3. The predicted molar refractivity (Wildman–Crippen MR) is 72.5 cm³/mol. The van der Waals surface area contributed by atoms with Crippen LogP contribution in [-0.2, 0) is 6.54 Å². The number of pyridine rings is 1. The molecular weight excluding hydrogens is 234 g/mol. The Balaban J connectivity index is 2.05. The van der Waals surface area contributed by atoms with E-state index in [-0.39, 0.29) is 0 Å². The van der Waals surface area contributed by atoms with E-state index in [1.165, 1.54) is 38.8 Å². The molecule has 3 nitrogen and oxygen atoms in total. The van der Waals surface area contributed by atoms with Crippen LogP contribution in [0, 0.1) is 0 Å². The van der Waals surface area contributed by atoms with Crippen LogP contribution in [-0.4, -0.2) is 30.0 Å². The van der Waals surface area contributed by atoms with Gasteiger partial charge < -0.3 is 5.32 Å². The molecule has 2 rings (SSSR count). The fourth-order valence-corrected chi connectivity index (χ4v) is 2.41. The normalized spacial score (nSPS) is 17.8. The summed E-state index contributed by atoms with van der Waals surface area (Å²) in [6.45, 7) is 3.21. The summed E-state index contributed by atoms with van der Waals surface area (Å²) < 4.78 is 0. The molecule has 1 aliphatic heterocycles. The van der Waals surface area contributed by atoms with Gasteiger partial charge >= 0.3 is 0 Å². The van der Waals surface area contributed by atoms with Crippen molar-refractivity contribution in [2.24, 2.45) is 0 Å². The summed E-state index contributed by atoms with van der Waals surface area (Å²) in [6, 6.07) is 3.84. The number of aromatic nitrogens is 1. The van der Waals surface area contributed by atoms with Crippen LogP contribution in [0.1, 0.15) is 31.4 Å². The fourth-order valence-electron chi connectivity index (χ4n) is 2.24. The number of rotatable bonds is 3. The smallest absolute Gasteiger partial charge is 0.126 e. The van der Waals surface area contributed by atoms with E-state index in [1.807, 2.05) is 19.2 Å². The van der Waals surface area contributed by atoms with Gasteiger partial charge in [-0.05, 0) is 38.1 Å². The van der Waals surface area contributed by atoms with Crippen molar-refractivity contribution in [1.29, 1.82) is 0 Å². The van der Waals surface area contributed by atoms with Crippen LogP contribution in [0.5, 0.6) is 0 Å². The lowest BCUT2D eigenvalue weighted by Crippen LogP contribution is -2.24. The molecule has 1 fully saturated rings. The summed E-state index contributed by atoms with van der Waals surface area (Å²) >= 11 is 6.20. The molecule has 1 N–H and O–H groups in total. The molecule has 1 aromatic heterocycles. The van der Waals surface area contributed by atoms with Gasteiger partial charge in [0.15, 0.2) is 0 Å². The van der Waals surface area contributed by atoms with Gasteiger partial charge in [0.25, 0.3) is 0 Å². The molecule has 1 aromatic rings. The zero-order valence-electron chi connectivity index (χ0n) is 10.4. The number of anilines is 1. The summed E-state index contributed by atoms with van der Waals surface area (Å²) in [5, 5.41) is 3.83. The van der Waals surface area contributed by atoms with Crippen LogP contribution in [0.2, 0.25) is 5.02 Å². The highest BCUT2D eigenvalue weighted by Crippen LogP contribution is 2.20. The molecule has 0 spiro atoms. The van der Waals surface area contributed by atoms with Gasteiger partial charge in [0.05, 0.1) is 10.7 Å². The van der Waals surface area contributed by atoms with Crippen molar-refractivity contribution in [3.63, 3.8) is 0 Å². The van der Waals surface area contributed by atoms with E-state index in [0.29, 0.717) is 0 Å². The second-order valence-electron chi connectivity index (χ2n) is 4.57. The second-order valence-corrected chi connectivity index (χ2v) is 4.97. The molecule has 1 aliphatic rings. The van der Waals surface area contributed by atoms with Crippen LogP contribution in [0.3, 0.4) is 0 Å². The molecule has 0 saturated carbocycles. The van der Waals surface area contributed by atoms with Crippen molar-refractivity contribution in [3.8, 4) is 0 Å². The van der Waals surface area contributed by atoms with Crippen LogP contribution in [0.25, 0.3) is 0 Å². The van der Waals surface area contributed by atoms with Crippen molar-refractivity contribution in [3.05, 3.63) is 22.8 Å². The first kappa shape index (κ1) is 12.7. The molecule has 94 valence electrons. The predicted octanol–water partition coefficient (Wildman–Crippen LogP) is 3.15. The highest BCUT2D eigenvalue weighted by Gasteiger charge is 2.12. The Kier molecular flexibility index (Phi) is 4.63. The topological polar surface area (TPSA) is 28.2 Å². The minimum atomic E-state index is 0.772. The van der Waals surface area contributed by atoms with Crippen LogP contribution < -0.4 is 5.32 Å². The maximum absolute atomic E-state index is 6.20. The molecule has 0 atom stereocenters. The van der Waals surface area contributed by atoms with Crippen molar-refractivity contribution >= 4 is 17.4 Å². The zero-order valence-corrected chi connectivity index (χ0v) is 11.1. The number of hydrogen-bond acceptors (Lipinski definition) is 3. The van der Waals surface area contributed by atoms with Gasteiger partial charge in [0.2, 0.25) is 0 Å². The summed E-state index contributed by atoms with van der Waals surface area (Å²) in [5.74, 6) is 0.888. The lowest BCUT2D eigenvalue weighted by atomic mass is 10.2. The number of nitrogens with zero attached hydrogens (tertiary/aromatic N) is 2. The Morgan fingerprint density at radius 2 is 1.94 bits per heavy atom. The molecule has 4 heteroatoms. The first-order valence-electron chi connectivity index (χ1n) is 6.35. The largest absolute Gasteiger partial charge is 0.373 e. The van der Waals surface area contributed by atoms with Crippen molar-refractivity contribution in [2.45, 2.75) is 32.2 Å². The maximum atomic E-state index is 6.20. The van der Waals surface area contributed by atoms with Crippen LogP contribution in [0.15, 0.2) is 12.1 Å². The monoisotopic (exact) mass is 253 g/mol. The van der Waals surface area contributed by atoms with E-state index < -0.39 is 0 Å². The Hall–Kier alpha value is -0.800. The van der Waals surface area contributed by atoms with Crippen LogP contribution in [0.4, 0.5) is 5.82 Å². The van der Waals surface area contributed by atoms with E-state index in [1.54, 1.807) is 0 Å². The lowest BCUT2D eigenvalue weighted by molar-refractivity contribution is 0.274. The molecule has 0 radical (unpaired) electrons. The standard InChI is InChI=1S/C13H20ClN3/c1-15-13-7-6-11(14)12(16-13)10-17-8-4-2-3-5-9-17/h6-7H,2-5,8-10H2,1H3,(H,15,16). The molecule has 17 heavy (non-hydrogen) atoms. The lowest BCUT2D eigenvalue weighted by Gasteiger charge is -2.20. The Bertz CT molecular complexity index is 360. The van der Waals surface area contributed by atoms with E-state index in [9.17, 15) is 0 Å². The Labute approximate surface area is 108 Å². The number of hydrogen-bond donors (Lipinski definition) is 1. The summed E-state index contributed by atoms with van der Waals surface area (Å²) in [4.78, 5) is 6.99. The van der Waals surface area contributed by atoms with Crippen molar-refractivity contribution in [1.82, 2.24) is 9.88 Å². The van der Waals surface area contributed by atoms with E-state index in [2.05, 4.69) is 15.2 Å². The van der Waals surface area contributed by atoms with E-state index in [0.717, 1.165) is 23.1 Å². The molecule has 0 bridgehead atoms. The first-order valence-corrected chi connectivity index (χ1v) is 6.73. The number of nitrogens with one attached hydrogen (secondary N) is 1. The second kappa shape index (κ2) is 6.22. The Morgan fingerprint density at radius 3 is 2.59 bits per heavy atom. The maximum Gasteiger partial charge on any atom is 0.126 e.